The van der Waals surface area contributed by atoms with E-state index in [1.54, 1.807) is 11.0 Å². The van der Waals surface area contributed by atoms with E-state index >= 15 is 0 Å². The summed E-state index contributed by atoms with van der Waals surface area (Å²) in [6.07, 6.45) is -1.01. The van der Waals surface area contributed by atoms with Crippen LogP contribution in [0.3, 0.4) is 0 Å². The fraction of sp³-hybridized carbons (Fsp3) is 0.643. The molecule has 0 aliphatic carbocycles. The lowest BCUT2D eigenvalue weighted by Crippen LogP contribution is -2.49. The van der Waals surface area contributed by atoms with Crippen molar-refractivity contribution >= 4 is 17.2 Å². The molecule has 2 saturated heterocycles. The van der Waals surface area contributed by atoms with E-state index in [1.807, 2.05) is 16.3 Å². The number of carbonyl (C=O) groups is 1. The molecule has 2 atom stereocenters. The number of rotatable bonds is 2. The van der Waals surface area contributed by atoms with Gasteiger partial charge in [0.1, 0.15) is 0 Å². The topological polar surface area (TPSA) is 43.8 Å². The second-order valence-corrected chi connectivity index (χ2v) is 6.66. The normalized spacial score (nSPS) is 29.8. The molecule has 1 aromatic heterocycles. The summed E-state index contributed by atoms with van der Waals surface area (Å²) in [6, 6.07) is 3.34. The Morgan fingerprint density at radius 1 is 1.33 bits per heavy atom. The molecule has 1 N–H and O–H groups in total. The molecule has 3 heterocycles. The van der Waals surface area contributed by atoms with Crippen molar-refractivity contribution in [2.45, 2.75) is 30.9 Å². The lowest BCUT2D eigenvalue weighted by atomic mass is 10.0. The Hall–Kier alpha value is -1.05. The van der Waals surface area contributed by atoms with Crippen LogP contribution in [0.4, 0.5) is 8.78 Å². The quantitative estimate of drug-likeness (QED) is 0.902. The smallest absolute Gasteiger partial charge is 0.264 e. The summed E-state index contributed by atoms with van der Waals surface area (Å²) >= 11 is 1.37. The molecule has 0 bridgehead atoms. The number of hydrogen-bond donors (Lipinski definition) is 1. The predicted octanol–water partition coefficient (Wildman–Crippen LogP) is 1.66. The van der Waals surface area contributed by atoms with Crippen molar-refractivity contribution in [3.63, 3.8) is 0 Å². The minimum absolute atomic E-state index is 0.0890. The van der Waals surface area contributed by atoms with Gasteiger partial charge >= 0.3 is 0 Å². The molecule has 1 aromatic rings. The molecule has 1 amide bonds. The highest BCUT2D eigenvalue weighted by Gasteiger charge is 2.42. The van der Waals surface area contributed by atoms with E-state index in [2.05, 4.69) is 0 Å². The van der Waals surface area contributed by atoms with Crippen LogP contribution in [0.2, 0.25) is 0 Å². The summed E-state index contributed by atoms with van der Waals surface area (Å²) in [5, 5.41) is 12.0. The van der Waals surface area contributed by atoms with Crippen LogP contribution in [-0.4, -0.2) is 65.1 Å². The number of aliphatic hydroxyl groups is 1. The Balaban J connectivity index is 1.63. The standard InChI is InChI=1S/C14H18F2N2O2S/c15-14(16)3-5-17(6-4-14)10-8-18(9-11(10)19)13(20)12-2-1-7-21-12/h1-2,7,10-11,19H,3-6,8-9H2/t10-,11-/m1/s1. The second kappa shape index (κ2) is 5.62. The van der Waals surface area contributed by atoms with Crippen molar-refractivity contribution in [2.24, 2.45) is 0 Å². The van der Waals surface area contributed by atoms with Gasteiger partial charge in [0.25, 0.3) is 11.8 Å². The summed E-state index contributed by atoms with van der Waals surface area (Å²) in [6.45, 7) is 1.23. The zero-order chi connectivity index (χ0) is 15.0. The summed E-state index contributed by atoms with van der Waals surface area (Å²) in [4.78, 5) is 16.4. The molecule has 2 aliphatic rings. The molecule has 2 aliphatic heterocycles. The van der Waals surface area contributed by atoms with E-state index in [0.717, 1.165) is 0 Å². The maximum absolute atomic E-state index is 13.2. The average molecular weight is 316 g/mol. The number of hydrogen-bond acceptors (Lipinski definition) is 4. The number of halogens is 2. The third-order valence-electron chi connectivity index (χ3n) is 4.28. The third kappa shape index (κ3) is 3.09. The van der Waals surface area contributed by atoms with Crippen molar-refractivity contribution in [1.29, 1.82) is 0 Å². The minimum Gasteiger partial charge on any atom is -0.390 e. The number of carbonyl (C=O) groups excluding carboxylic acids is 1. The number of likely N-dealkylation sites (tertiary alicyclic amines) is 2. The Morgan fingerprint density at radius 2 is 2.05 bits per heavy atom. The Kier molecular flexibility index (Phi) is 3.98. The lowest BCUT2D eigenvalue weighted by molar-refractivity contribution is -0.0697. The first-order valence-electron chi connectivity index (χ1n) is 7.09. The van der Waals surface area contributed by atoms with Crippen molar-refractivity contribution in [1.82, 2.24) is 9.80 Å². The molecule has 21 heavy (non-hydrogen) atoms. The first-order valence-corrected chi connectivity index (χ1v) is 7.97. The van der Waals surface area contributed by atoms with Crippen LogP contribution in [0, 0.1) is 0 Å². The van der Waals surface area contributed by atoms with Crippen LogP contribution in [-0.2, 0) is 0 Å². The maximum Gasteiger partial charge on any atom is 0.264 e. The average Bonchev–Trinajstić information content (AvgIpc) is 3.08. The molecule has 7 heteroatoms. The number of aliphatic hydroxyl groups excluding tert-OH is 1. The van der Waals surface area contributed by atoms with Gasteiger partial charge in [0, 0.05) is 39.0 Å². The monoisotopic (exact) mass is 316 g/mol. The van der Waals surface area contributed by atoms with Gasteiger partial charge in [0.15, 0.2) is 0 Å². The molecule has 0 unspecified atom stereocenters. The van der Waals surface area contributed by atoms with Crippen molar-refractivity contribution in [3.05, 3.63) is 22.4 Å². The zero-order valence-electron chi connectivity index (χ0n) is 11.5. The number of nitrogens with zero attached hydrogens (tertiary/aromatic N) is 2. The Labute approximate surface area is 126 Å². The van der Waals surface area contributed by atoms with E-state index in [9.17, 15) is 18.7 Å². The highest BCUT2D eigenvalue weighted by Crippen LogP contribution is 2.30. The molecule has 0 radical (unpaired) electrons. The van der Waals surface area contributed by atoms with Gasteiger partial charge in [0.2, 0.25) is 0 Å². The number of β-amino-alcohol motifs (C(OH)–C–C–N with tert-alkyl or cyclic N) is 1. The van der Waals surface area contributed by atoms with Crippen LogP contribution in [0.15, 0.2) is 17.5 Å². The molecule has 0 saturated carbocycles. The van der Waals surface area contributed by atoms with Gasteiger partial charge in [-0.25, -0.2) is 8.78 Å². The first kappa shape index (κ1) is 14.9. The molecular formula is C14H18F2N2O2S. The van der Waals surface area contributed by atoms with E-state index in [4.69, 9.17) is 0 Å². The van der Waals surface area contributed by atoms with Crippen molar-refractivity contribution in [3.8, 4) is 0 Å². The van der Waals surface area contributed by atoms with Gasteiger partial charge in [-0.05, 0) is 11.4 Å². The fourth-order valence-corrected chi connectivity index (χ4v) is 3.72. The van der Waals surface area contributed by atoms with Crippen LogP contribution < -0.4 is 0 Å². The summed E-state index contributed by atoms with van der Waals surface area (Å²) in [7, 11) is 0. The van der Waals surface area contributed by atoms with Gasteiger partial charge in [-0.3, -0.25) is 9.69 Å². The number of alkyl halides is 2. The molecule has 3 rings (SSSR count). The highest BCUT2D eigenvalue weighted by atomic mass is 32.1. The maximum atomic E-state index is 13.2. The van der Waals surface area contributed by atoms with Crippen LogP contribution in [0.25, 0.3) is 0 Å². The molecule has 0 aromatic carbocycles. The van der Waals surface area contributed by atoms with E-state index in [0.29, 0.717) is 11.4 Å². The molecule has 0 spiro atoms. The van der Waals surface area contributed by atoms with Crippen LogP contribution >= 0.6 is 11.3 Å². The highest BCUT2D eigenvalue weighted by molar-refractivity contribution is 7.12. The summed E-state index contributed by atoms with van der Waals surface area (Å²) < 4.78 is 26.4. The van der Waals surface area contributed by atoms with Gasteiger partial charge < -0.3 is 10.0 Å². The van der Waals surface area contributed by atoms with Crippen LogP contribution in [0.1, 0.15) is 22.5 Å². The van der Waals surface area contributed by atoms with Gasteiger partial charge in [0.05, 0.1) is 17.0 Å². The minimum atomic E-state index is -2.59. The molecule has 116 valence electrons. The zero-order valence-corrected chi connectivity index (χ0v) is 12.4. The number of piperidine rings is 1. The Bertz CT molecular complexity index is 499. The second-order valence-electron chi connectivity index (χ2n) is 5.71. The summed E-state index contributed by atoms with van der Waals surface area (Å²) in [5.41, 5.74) is 0. The SMILES string of the molecule is O=C(c1cccs1)N1C[C@@H](O)[C@H](N2CCC(F)(F)CC2)C1. The van der Waals surface area contributed by atoms with Gasteiger partial charge in [-0.15, -0.1) is 11.3 Å². The number of amides is 1. The van der Waals surface area contributed by atoms with E-state index in [-0.39, 0.29) is 44.4 Å². The summed E-state index contributed by atoms with van der Waals surface area (Å²) in [5.74, 6) is -2.68. The fourth-order valence-electron chi connectivity index (χ4n) is 3.03. The molecule has 4 nitrogen and oxygen atoms in total. The largest absolute Gasteiger partial charge is 0.390 e. The van der Waals surface area contributed by atoms with Crippen molar-refractivity contribution in [2.75, 3.05) is 26.2 Å². The van der Waals surface area contributed by atoms with E-state index < -0.39 is 12.0 Å². The Morgan fingerprint density at radius 3 is 2.67 bits per heavy atom. The third-order valence-corrected chi connectivity index (χ3v) is 5.13. The number of thiophene rings is 1. The van der Waals surface area contributed by atoms with Gasteiger partial charge in [-0.2, -0.15) is 0 Å². The molecular weight excluding hydrogens is 298 g/mol. The first-order chi connectivity index (χ1) is 9.96. The predicted molar refractivity (Wildman–Crippen MR) is 75.8 cm³/mol. The van der Waals surface area contributed by atoms with E-state index in [1.165, 1.54) is 11.3 Å². The molecule has 2 fully saturated rings. The van der Waals surface area contributed by atoms with Crippen LogP contribution in [0.5, 0.6) is 0 Å². The lowest BCUT2D eigenvalue weighted by Gasteiger charge is -2.36. The van der Waals surface area contributed by atoms with Crippen molar-refractivity contribution < 1.29 is 18.7 Å². The van der Waals surface area contributed by atoms with Gasteiger partial charge in [-0.1, -0.05) is 6.07 Å².